The zero-order valence-corrected chi connectivity index (χ0v) is 11.1. The van der Waals surface area contributed by atoms with Gasteiger partial charge in [0.2, 0.25) is 0 Å². The number of piperidine rings is 1. The summed E-state index contributed by atoms with van der Waals surface area (Å²) in [4.78, 5) is 24.3. The number of likely N-dealkylation sites (tertiary alicyclic amines) is 1. The minimum absolute atomic E-state index is 0.0516. The van der Waals surface area contributed by atoms with Gasteiger partial charge in [0.1, 0.15) is 0 Å². The van der Waals surface area contributed by atoms with Crippen molar-refractivity contribution in [3.8, 4) is 0 Å². The van der Waals surface area contributed by atoms with Gasteiger partial charge in [-0.2, -0.15) is 0 Å². The molecule has 108 valence electrons. The van der Waals surface area contributed by atoms with Crippen molar-refractivity contribution in [1.29, 1.82) is 0 Å². The van der Waals surface area contributed by atoms with E-state index in [-0.39, 0.29) is 24.5 Å². The van der Waals surface area contributed by atoms with Gasteiger partial charge in [0, 0.05) is 32.7 Å². The van der Waals surface area contributed by atoms with Gasteiger partial charge in [0.05, 0.1) is 6.10 Å². The van der Waals surface area contributed by atoms with Crippen LogP contribution in [-0.4, -0.2) is 54.4 Å². The normalized spacial score (nSPS) is 24.4. The Hall–Kier alpha value is -1.30. The third kappa shape index (κ3) is 4.38. The van der Waals surface area contributed by atoms with Crippen molar-refractivity contribution in [2.75, 3.05) is 26.2 Å². The van der Waals surface area contributed by atoms with Crippen molar-refractivity contribution >= 4 is 12.0 Å². The fourth-order valence-electron chi connectivity index (χ4n) is 2.71. The molecule has 2 rings (SSSR count). The number of nitrogens with zero attached hydrogens (tertiary/aromatic N) is 1. The number of ether oxygens (including phenoxy) is 1. The molecule has 19 heavy (non-hydrogen) atoms. The summed E-state index contributed by atoms with van der Waals surface area (Å²) in [5.74, 6) is -0.541. The second-order valence-electron chi connectivity index (χ2n) is 5.35. The summed E-state index contributed by atoms with van der Waals surface area (Å²) >= 11 is 0. The molecule has 2 fully saturated rings. The van der Waals surface area contributed by atoms with Gasteiger partial charge in [-0.1, -0.05) is 0 Å². The highest BCUT2D eigenvalue weighted by atomic mass is 16.5. The standard InChI is InChI=1S/C13H22N2O4/c16-12(17)8-10-3-5-15(6-4-10)13(18)14-9-11-2-1-7-19-11/h10-11H,1-9H2,(H,14,18)(H,16,17). The van der Waals surface area contributed by atoms with E-state index in [0.29, 0.717) is 19.6 Å². The average Bonchev–Trinajstić information content (AvgIpc) is 2.89. The highest BCUT2D eigenvalue weighted by molar-refractivity contribution is 5.74. The molecule has 1 atom stereocenters. The van der Waals surface area contributed by atoms with Crippen LogP contribution in [0.3, 0.4) is 0 Å². The number of aliphatic carboxylic acids is 1. The summed E-state index contributed by atoms with van der Waals surface area (Å²) in [6.45, 7) is 2.67. The van der Waals surface area contributed by atoms with Gasteiger partial charge in [0.15, 0.2) is 0 Å². The number of urea groups is 1. The average molecular weight is 270 g/mol. The number of amides is 2. The Labute approximate surface area is 113 Å². The number of rotatable bonds is 4. The van der Waals surface area contributed by atoms with Crippen molar-refractivity contribution < 1.29 is 19.4 Å². The van der Waals surface area contributed by atoms with Crippen LogP contribution >= 0.6 is 0 Å². The quantitative estimate of drug-likeness (QED) is 0.800. The first-order chi connectivity index (χ1) is 9.15. The van der Waals surface area contributed by atoms with E-state index < -0.39 is 5.97 Å². The van der Waals surface area contributed by atoms with E-state index in [1.54, 1.807) is 4.90 Å². The maximum absolute atomic E-state index is 11.9. The molecular formula is C13H22N2O4. The number of hydrogen-bond acceptors (Lipinski definition) is 3. The molecule has 6 nitrogen and oxygen atoms in total. The number of carboxylic acids is 1. The summed E-state index contributed by atoms with van der Waals surface area (Å²) < 4.78 is 5.45. The van der Waals surface area contributed by atoms with Crippen LogP contribution in [0.1, 0.15) is 32.1 Å². The second-order valence-corrected chi connectivity index (χ2v) is 5.35. The Morgan fingerprint density at radius 1 is 1.26 bits per heavy atom. The Morgan fingerprint density at radius 2 is 2.00 bits per heavy atom. The van der Waals surface area contributed by atoms with Gasteiger partial charge in [-0.25, -0.2) is 4.79 Å². The molecule has 2 saturated heterocycles. The van der Waals surface area contributed by atoms with Crippen molar-refractivity contribution in [3.63, 3.8) is 0 Å². The fourth-order valence-corrected chi connectivity index (χ4v) is 2.71. The smallest absolute Gasteiger partial charge is 0.317 e. The zero-order chi connectivity index (χ0) is 13.7. The molecule has 0 aromatic rings. The highest BCUT2D eigenvalue weighted by Gasteiger charge is 2.25. The van der Waals surface area contributed by atoms with E-state index >= 15 is 0 Å². The van der Waals surface area contributed by atoms with E-state index in [1.807, 2.05) is 0 Å². The van der Waals surface area contributed by atoms with E-state index in [1.165, 1.54) is 0 Å². The molecule has 0 bridgehead atoms. The largest absolute Gasteiger partial charge is 0.481 e. The molecular weight excluding hydrogens is 248 g/mol. The van der Waals surface area contributed by atoms with Crippen LogP contribution < -0.4 is 5.32 Å². The monoisotopic (exact) mass is 270 g/mol. The van der Waals surface area contributed by atoms with Crippen LogP contribution in [0, 0.1) is 5.92 Å². The van der Waals surface area contributed by atoms with Crippen molar-refractivity contribution in [2.24, 2.45) is 5.92 Å². The third-order valence-electron chi connectivity index (χ3n) is 3.87. The molecule has 2 N–H and O–H groups in total. The molecule has 6 heteroatoms. The van der Waals surface area contributed by atoms with Crippen LogP contribution in [0.2, 0.25) is 0 Å². The summed E-state index contributed by atoms with van der Waals surface area (Å²) in [5.41, 5.74) is 0. The highest BCUT2D eigenvalue weighted by Crippen LogP contribution is 2.20. The Morgan fingerprint density at radius 3 is 2.58 bits per heavy atom. The van der Waals surface area contributed by atoms with Crippen molar-refractivity contribution in [1.82, 2.24) is 10.2 Å². The second kappa shape index (κ2) is 6.75. The lowest BCUT2D eigenvalue weighted by Gasteiger charge is -2.31. The molecule has 0 radical (unpaired) electrons. The zero-order valence-electron chi connectivity index (χ0n) is 11.1. The first-order valence-electron chi connectivity index (χ1n) is 7.01. The maximum atomic E-state index is 11.9. The number of nitrogens with one attached hydrogen (secondary N) is 1. The minimum atomic E-state index is -0.749. The van der Waals surface area contributed by atoms with Crippen LogP contribution in [0.25, 0.3) is 0 Å². The molecule has 0 saturated carbocycles. The van der Waals surface area contributed by atoms with Crippen molar-refractivity contribution in [3.05, 3.63) is 0 Å². The van der Waals surface area contributed by atoms with E-state index in [2.05, 4.69) is 5.32 Å². The SMILES string of the molecule is O=C(O)CC1CCN(C(=O)NCC2CCCO2)CC1. The van der Waals surface area contributed by atoms with Gasteiger partial charge in [-0.3, -0.25) is 4.79 Å². The van der Waals surface area contributed by atoms with Crippen molar-refractivity contribution in [2.45, 2.75) is 38.2 Å². The molecule has 0 spiro atoms. The lowest BCUT2D eigenvalue weighted by atomic mass is 9.94. The Bertz CT molecular complexity index is 321. The molecule has 2 aliphatic heterocycles. The van der Waals surface area contributed by atoms with E-state index in [4.69, 9.17) is 9.84 Å². The summed E-state index contributed by atoms with van der Waals surface area (Å²) in [7, 11) is 0. The molecule has 0 aliphatic carbocycles. The number of carbonyl (C=O) groups is 2. The maximum Gasteiger partial charge on any atom is 0.317 e. The van der Waals surface area contributed by atoms with Gasteiger partial charge in [-0.05, 0) is 31.6 Å². The lowest BCUT2D eigenvalue weighted by molar-refractivity contribution is -0.138. The molecule has 1 unspecified atom stereocenters. The first kappa shape index (κ1) is 14.1. The van der Waals surface area contributed by atoms with E-state index in [9.17, 15) is 9.59 Å². The van der Waals surface area contributed by atoms with Crippen LogP contribution in [0.4, 0.5) is 4.79 Å². The molecule has 0 aromatic heterocycles. The Balaban J connectivity index is 1.65. The molecule has 2 amide bonds. The molecule has 0 aromatic carbocycles. The fraction of sp³-hybridized carbons (Fsp3) is 0.846. The van der Waals surface area contributed by atoms with Crippen LogP contribution in [0.15, 0.2) is 0 Å². The predicted octanol–water partition coefficient (Wildman–Crippen LogP) is 1.06. The van der Waals surface area contributed by atoms with Gasteiger partial charge < -0.3 is 20.1 Å². The van der Waals surface area contributed by atoms with Crippen LogP contribution in [0.5, 0.6) is 0 Å². The summed E-state index contributed by atoms with van der Waals surface area (Å²) in [6.07, 6.45) is 4.01. The number of hydrogen-bond donors (Lipinski definition) is 2. The topological polar surface area (TPSA) is 78.9 Å². The first-order valence-corrected chi connectivity index (χ1v) is 7.01. The van der Waals surface area contributed by atoms with Gasteiger partial charge in [0.25, 0.3) is 0 Å². The third-order valence-corrected chi connectivity index (χ3v) is 3.87. The lowest BCUT2D eigenvalue weighted by Crippen LogP contribution is -2.46. The molecule has 2 heterocycles. The summed E-state index contributed by atoms with van der Waals surface area (Å²) in [5, 5.41) is 11.6. The van der Waals surface area contributed by atoms with Crippen LogP contribution in [-0.2, 0) is 9.53 Å². The van der Waals surface area contributed by atoms with Gasteiger partial charge in [-0.15, -0.1) is 0 Å². The number of carboxylic acid groups (broad SMARTS) is 1. The Kier molecular flexibility index (Phi) is 5.01. The predicted molar refractivity (Wildman–Crippen MR) is 68.9 cm³/mol. The van der Waals surface area contributed by atoms with Gasteiger partial charge >= 0.3 is 12.0 Å². The number of carbonyl (C=O) groups excluding carboxylic acids is 1. The van der Waals surface area contributed by atoms with E-state index in [0.717, 1.165) is 32.3 Å². The summed E-state index contributed by atoms with van der Waals surface area (Å²) in [6, 6.07) is -0.0516. The molecule has 2 aliphatic rings. The minimum Gasteiger partial charge on any atom is -0.481 e.